The van der Waals surface area contributed by atoms with Crippen LogP contribution in [0, 0.1) is 10.1 Å². The van der Waals surface area contributed by atoms with Crippen LogP contribution in [0.5, 0.6) is 0 Å². The third-order valence-electron chi connectivity index (χ3n) is 1.59. The summed E-state index contributed by atoms with van der Waals surface area (Å²) in [5.41, 5.74) is 0.370. The average Bonchev–Trinajstić information content (AvgIpc) is 2.16. The Labute approximate surface area is 93.3 Å². The lowest BCUT2D eigenvalue weighted by molar-refractivity contribution is -0.385. The molecule has 0 aromatic heterocycles. The molecule has 0 atom stereocenters. The van der Waals surface area contributed by atoms with Crippen LogP contribution in [0.3, 0.4) is 0 Å². The standard InChI is InChI=1S/C9H6BrNO4/c10-7-3-1-6(2-4-9(12)13)5-8(7)11(14)15/h1-5H,(H,12,13). The van der Waals surface area contributed by atoms with E-state index in [0.29, 0.717) is 10.0 Å². The van der Waals surface area contributed by atoms with E-state index in [2.05, 4.69) is 15.9 Å². The van der Waals surface area contributed by atoms with E-state index in [1.165, 1.54) is 18.2 Å². The maximum absolute atomic E-state index is 10.5. The minimum Gasteiger partial charge on any atom is -0.478 e. The van der Waals surface area contributed by atoms with Crippen molar-refractivity contribution in [2.45, 2.75) is 0 Å². The highest BCUT2D eigenvalue weighted by molar-refractivity contribution is 9.10. The maximum atomic E-state index is 10.5. The van der Waals surface area contributed by atoms with Crippen molar-refractivity contribution >= 4 is 33.7 Å². The van der Waals surface area contributed by atoms with Gasteiger partial charge in [-0.05, 0) is 33.6 Å². The number of hydrogen-bond acceptors (Lipinski definition) is 3. The third-order valence-corrected chi connectivity index (χ3v) is 2.26. The molecule has 0 aliphatic heterocycles. The first-order valence-corrected chi connectivity index (χ1v) is 4.65. The second kappa shape index (κ2) is 4.70. The van der Waals surface area contributed by atoms with E-state index in [1.54, 1.807) is 6.07 Å². The van der Waals surface area contributed by atoms with E-state index in [-0.39, 0.29) is 5.69 Å². The van der Waals surface area contributed by atoms with E-state index < -0.39 is 10.9 Å². The number of nitrogens with zero attached hydrogens (tertiary/aromatic N) is 1. The molecule has 0 aliphatic carbocycles. The molecule has 0 bridgehead atoms. The largest absolute Gasteiger partial charge is 0.478 e. The zero-order valence-electron chi connectivity index (χ0n) is 7.38. The molecule has 0 unspecified atom stereocenters. The average molecular weight is 272 g/mol. The second-order valence-electron chi connectivity index (χ2n) is 2.64. The highest BCUT2D eigenvalue weighted by atomic mass is 79.9. The van der Waals surface area contributed by atoms with Crippen molar-refractivity contribution in [2.75, 3.05) is 0 Å². The maximum Gasteiger partial charge on any atom is 0.328 e. The highest BCUT2D eigenvalue weighted by Crippen LogP contribution is 2.25. The van der Waals surface area contributed by atoms with Gasteiger partial charge in [-0.1, -0.05) is 6.07 Å². The van der Waals surface area contributed by atoms with Crippen molar-refractivity contribution in [1.82, 2.24) is 0 Å². The minimum atomic E-state index is -1.10. The Hall–Kier alpha value is -1.69. The van der Waals surface area contributed by atoms with Gasteiger partial charge in [0.05, 0.1) is 9.40 Å². The van der Waals surface area contributed by atoms with Crippen LogP contribution in [0.1, 0.15) is 5.56 Å². The molecule has 78 valence electrons. The molecule has 0 heterocycles. The molecule has 0 amide bonds. The molecule has 1 aromatic carbocycles. The molecule has 0 radical (unpaired) electrons. The van der Waals surface area contributed by atoms with Crippen molar-refractivity contribution in [1.29, 1.82) is 0 Å². The van der Waals surface area contributed by atoms with Crippen LogP contribution >= 0.6 is 15.9 Å². The van der Waals surface area contributed by atoms with Gasteiger partial charge in [0, 0.05) is 12.1 Å². The molecule has 1 N–H and O–H groups in total. The molecule has 5 nitrogen and oxygen atoms in total. The predicted molar refractivity (Wildman–Crippen MR) is 57.5 cm³/mol. The van der Waals surface area contributed by atoms with Crippen LogP contribution in [-0.2, 0) is 4.79 Å². The van der Waals surface area contributed by atoms with E-state index in [4.69, 9.17) is 5.11 Å². The van der Waals surface area contributed by atoms with Crippen LogP contribution in [-0.4, -0.2) is 16.0 Å². The third kappa shape index (κ3) is 3.17. The fraction of sp³-hybridized carbons (Fsp3) is 0. The van der Waals surface area contributed by atoms with Gasteiger partial charge in [-0.2, -0.15) is 0 Å². The molecule has 0 aliphatic rings. The van der Waals surface area contributed by atoms with Crippen molar-refractivity contribution in [3.8, 4) is 0 Å². The van der Waals surface area contributed by atoms with Crippen LogP contribution in [0.15, 0.2) is 28.7 Å². The van der Waals surface area contributed by atoms with Crippen molar-refractivity contribution in [3.63, 3.8) is 0 Å². The quantitative estimate of drug-likeness (QED) is 0.520. The summed E-state index contributed by atoms with van der Waals surface area (Å²) in [7, 11) is 0. The summed E-state index contributed by atoms with van der Waals surface area (Å²) in [6.45, 7) is 0. The summed E-state index contributed by atoms with van der Waals surface area (Å²) in [5, 5.41) is 18.9. The molecule has 0 saturated carbocycles. The van der Waals surface area contributed by atoms with Gasteiger partial charge in [0.15, 0.2) is 0 Å². The Morgan fingerprint density at radius 3 is 2.73 bits per heavy atom. The lowest BCUT2D eigenvalue weighted by Crippen LogP contribution is -1.90. The number of carboxylic acid groups (broad SMARTS) is 1. The molecule has 6 heteroatoms. The molecule has 15 heavy (non-hydrogen) atoms. The van der Waals surface area contributed by atoms with E-state index in [9.17, 15) is 14.9 Å². The Balaban J connectivity index is 3.08. The number of carbonyl (C=O) groups is 1. The van der Waals surface area contributed by atoms with Gasteiger partial charge in [-0.3, -0.25) is 10.1 Å². The predicted octanol–water partition coefficient (Wildman–Crippen LogP) is 2.46. The highest BCUT2D eigenvalue weighted by Gasteiger charge is 2.10. The van der Waals surface area contributed by atoms with E-state index in [0.717, 1.165) is 6.08 Å². The molecule has 1 aromatic rings. The van der Waals surface area contributed by atoms with Gasteiger partial charge in [0.1, 0.15) is 0 Å². The van der Waals surface area contributed by atoms with E-state index >= 15 is 0 Å². The number of nitro benzene ring substituents is 1. The van der Waals surface area contributed by atoms with Crippen LogP contribution in [0.25, 0.3) is 6.08 Å². The summed E-state index contributed by atoms with van der Waals surface area (Å²) < 4.78 is 0.361. The molecular formula is C9H6BrNO4. The van der Waals surface area contributed by atoms with Crippen molar-refractivity contribution in [2.24, 2.45) is 0 Å². The van der Waals surface area contributed by atoms with E-state index in [1.807, 2.05) is 0 Å². The molecule has 0 spiro atoms. The summed E-state index contributed by atoms with van der Waals surface area (Å²) in [6.07, 6.45) is 2.22. The summed E-state index contributed by atoms with van der Waals surface area (Å²) in [6, 6.07) is 4.37. The van der Waals surface area contributed by atoms with Gasteiger partial charge in [-0.15, -0.1) is 0 Å². The summed E-state index contributed by atoms with van der Waals surface area (Å²) in [4.78, 5) is 20.2. The molecule has 0 fully saturated rings. The van der Waals surface area contributed by atoms with Gasteiger partial charge >= 0.3 is 5.97 Å². The fourth-order valence-corrected chi connectivity index (χ4v) is 1.33. The fourth-order valence-electron chi connectivity index (χ4n) is 0.941. The molecule has 1 rings (SSSR count). The topological polar surface area (TPSA) is 80.4 Å². The Morgan fingerprint density at radius 2 is 2.20 bits per heavy atom. The van der Waals surface area contributed by atoms with Crippen LogP contribution < -0.4 is 0 Å². The number of benzene rings is 1. The number of hydrogen-bond donors (Lipinski definition) is 1. The molecular weight excluding hydrogens is 266 g/mol. The normalized spacial score (nSPS) is 10.5. The lowest BCUT2D eigenvalue weighted by atomic mass is 10.2. The van der Waals surface area contributed by atoms with Gasteiger partial charge in [0.25, 0.3) is 5.69 Å². The number of halogens is 1. The van der Waals surface area contributed by atoms with Crippen molar-refractivity contribution in [3.05, 3.63) is 44.4 Å². The number of nitro groups is 1. The van der Waals surface area contributed by atoms with Crippen molar-refractivity contribution < 1.29 is 14.8 Å². The number of rotatable bonds is 3. The Morgan fingerprint density at radius 1 is 1.53 bits per heavy atom. The number of aliphatic carboxylic acids is 1. The zero-order valence-corrected chi connectivity index (χ0v) is 8.97. The zero-order chi connectivity index (χ0) is 11.4. The Bertz CT molecular complexity index is 442. The minimum absolute atomic E-state index is 0.0949. The number of carboxylic acids is 1. The monoisotopic (exact) mass is 271 g/mol. The SMILES string of the molecule is O=C(O)C=Cc1ccc(Br)c([N+](=O)[O-])c1. The first-order valence-electron chi connectivity index (χ1n) is 3.85. The first-order chi connectivity index (χ1) is 7.00. The first kappa shape index (κ1) is 11.4. The second-order valence-corrected chi connectivity index (χ2v) is 3.49. The summed E-state index contributed by atoms with van der Waals surface area (Å²) >= 11 is 3.03. The summed E-state index contributed by atoms with van der Waals surface area (Å²) in [5.74, 6) is -1.10. The van der Waals surface area contributed by atoms with Crippen LogP contribution in [0.2, 0.25) is 0 Å². The smallest absolute Gasteiger partial charge is 0.328 e. The van der Waals surface area contributed by atoms with Gasteiger partial charge < -0.3 is 5.11 Å². The van der Waals surface area contributed by atoms with Crippen LogP contribution in [0.4, 0.5) is 5.69 Å². The van der Waals surface area contributed by atoms with Gasteiger partial charge in [0.2, 0.25) is 0 Å². The lowest BCUT2D eigenvalue weighted by Gasteiger charge is -1.96. The Kier molecular flexibility index (Phi) is 3.56. The molecule has 0 saturated heterocycles. The van der Waals surface area contributed by atoms with Gasteiger partial charge in [-0.25, -0.2) is 4.79 Å².